The van der Waals surface area contributed by atoms with Crippen molar-refractivity contribution in [2.75, 3.05) is 6.61 Å². The van der Waals surface area contributed by atoms with Crippen LogP contribution in [0.4, 0.5) is 13.2 Å². The molecule has 0 aromatic carbocycles. The number of pyridine rings is 1. The molecule has 0 radical (unpaired) electrons. The van der Waals surface area contributed by atoms with Crippen molar-refractivity contribution in [3.8, 4) is 17.6 Å². The first-order valence-electron chi connectivity index (χ1n) is 6.45. The van der Waals surface area contributed by atoms with E-state index in [9.17, 15) is 13.2 Å². The van der Waals surface area contributed by atoms with Crippen molar-refractivity contribution in [3.05, 3.63) is 41.1 Å². The van der Waals surface area contributed by atoms with Crippen LogP contribution in [0.25, 0.3) is 0 Å². The Morgan fingerprint density at radius 1 is 1.26 bits per heavy atom. The zero-order chi connectivity index (χ0) is 17.0. The van der Waals surface area contributed by atoms with Gasteiger partial charge in [0.15, 0.2) is 5.69 Å². The maximum Gasteiger partial charge on any atom is 0.435 e. The summed E-state index contributed by atoms with van der Waals surface area (Å²) in [5, 5.41) is 3.37. The lowest BCUT2D eigenvalue weighted by atomic mass is 10.3. The molecule has 0 spiro atoms. The van der Waals surface area contributed by atoms with Crippen LogP contribution >= 0.6 is 11.6 Å². The summed E-state index contributed by atoms with van der Waals surface area (Å²) in [4.78, 5) is 4.07. The van der Waals surface area contributed by atoms with Gasteiger partial charge in [-0.05, 0) is 18.6 Å². The van der Waals surface area contributed by atoms with Crippen LogP contribution in [0.3, 0.4) is 0 Å². The Kier molecular flexibility index (Phi) is 5.15. The van der Waals surface area contributed by atoms with Gasteiger partial charge in [-0.25, -0.2) is 4.68 Å². The zero-order valence-electron chi connectivity index (χ0n) is 12.3. The van der Waals surface area contributed by atoms with Crippen LogP contribution in [0, 0.1) is 6.92 Å². The number of aromatic nitrogens is 3. The van der Waals surface area contributed by atoms with Crippen LogP contribution in [-0.2, 0) is 13.2 Å². The number of rotatable bonds is 5. The van der Waals surface area contributed by atoms with E-state index in [-0.39, 0.29) is 24.2 Å². The minimum Gasteiger partial charge on any atom is -0.473 e. The van der Waals surface area contributed by atoms with Gasteiger partial charge in [0.05, 0.1) is 0 Å². The van der Waals surface area contributed by atoms with E-state index in [1.165, 1.54) is 12.6 Å². The minimum absolute atomic E-state index is 0.0815. The van der Waals surface area contributed by atoms with Crippen molar-refractivity contribution in [2.45, 2.75) is 13.1 Å². The Labute approximate surface area is 135 Å². The number of alkyl halides is 3. The van der Waals surface area contributed by atoms with E-state index in [0.29, 0.717) is 0 Å². The lowest BCUT2D eigenvalue weighted by molar-refractivity contribution is -0.141. The molecule has 2 rings (SSSR count). The fourth-order valence-electron chi connectivity index (χ4n) is 1.69. The molecule has 0 saturated carbocycles. The van der Waals surface area contributed by atoms with Gasteiger partial charge in [0, 0.05) is 30.8 Å². The average Bonchev–Trinajstić information content (AvgIpc) is 2.80. The molecule has 0 N–H and O–H groups in total. The molecule has 0 unspecified atom stereocenters. The summed E-state index contributed by atoms with van der Waals surface area (Å²) in [6.45, 7) is 1.99. The van der Waals surface area contributed by atoms with Crippen LogP contribution in [0.15, 0.2) is 29.8 Å². The number of hydrogen-bond acceptors (Lipinski definition) is 4. The summed E-state index contributed by atoms with van der Waals surface area (Å²) in [7, 11) is 1.35. The fraction of sp³-hybridized carbons (Fsp3) is 0.286. The van der Waals surface area contributed by atoms with Crippen molar-refractivity contribution >= 4 is 11.6 Å². The van der Waals surface area contributed by atoms with E-state index in [4.69, 9.17) is 21.1 Å². The van der Waals surface area contributed by atoms with Crippen molar-refractivity contribution < 1.29 is 22.6 Å². The van der Waals surface area contributed by atoms with Gasteiger partial charge >= 0.3 is 6.18 Å². The topological polar surface area (TPSA) is 49.2 Å². The molecule has 0 fully saturated rings. The predicted molar refractivity (Wildman–Crippen MR) is 77.7 cm³/mol. The van der Waals surface area contributed by atoms with Gasteiger partial charge in [-0.2, -0.15) is 23.3 Å². The molecule has 0 aliphatic rings. The summed E-state index contributed by atoms with van der Waals surface area (Å²) in [5.41, 5.74) is 1.05. The maximum absolute atomic E-state index is 12.6. The highest BCUT2D eigenvalue weighted by molar-refractivity contribution is 6.25. The molecule has 0 atom stereocenters. The van der Waals surface area contributed by atoms with Crippen LogP contribution in [0.2, 0.25) is 0 Å². The summed E-state index contributed by atoms with van der Waals surface area (Å²) in [5.74, 6) is 0.293. The molecule has 2 aromatic heterocycles. The van der Waals surface area contributed by atoms with Crippen LogP contribution in [0.5, 0.6) is 17.6 Å². The van der Waals surface area contributed by atoms with E-state index in [0.717, 1.165) is 16.3 Å². The Bertz CT molecular complexity index is 714. The first-order chi connectivity index (χ1) is 10.8. The third-order valence-electron chi connectivity index (χ3n) is 2.68. The lowest BCUT2D eigenvalue weighted by Gasteiger charge is -2.08. The molecule has 124 valence electrons. The average molecular weight is 348 g/mol. The molecule has 9 heteroatoms. The molecule has 0 amide bonds. The van der Waals surface area contributed by atoms with E-state index in [1.807, 2.05) is 0 Å². The smallest absolute Gasteiger partial charge is 0.435 e. The standard InChI is InChI=1S/C14H13ClF3N3O2/c1-9-6-11(22-5-3-4-15)19-12(7-9)23-13-8-10(14(16,17)18)20-21(13)2/h3-4,6-8H,5H2,1-2H3/b4-3+. The highest BCUT2D eigenvalue weighted by Crippen LogP contribution is 2.32. The minimum atomic E-state index is -4.54. The van der Waals surface area contributed by atoms with Gasteiger partial charge in [-0.3, -0.25) is 0 Å². The van der Waals surface area contributed by atoms with Gasteiger partial charge in [-0.1, -0.05) is 11.6 Å². The van der Waals surface area contributed by atoms with Gasteiger partial charge in [-0.15, -0.1) is 0 Å². The Morgan fingerprint density at radius 3 is 2.57 bits per heavy atom. The largest absolute Gasteiger partial charge is 0.473 e. The summed E-state index contributed by atoms with van der Waals surface area (Å²) in [6, 6.07) is 4.05. The Balaban J connectivity index is 2.21. The van der Waals surface area contributed by atoms with Gasteiger partial charge in [0.25, 0.3) is 0 Å². The SMILES string of the molecule is Cc1cc(OC/C=C/Cl)nc(Oc2cc(C(F)(F)F)nn2C)c1. The molecule has 2 heterocycles. The molecule has 0 aliphatic heterocycles. The Morgan fingerprint density at radius 2 is 1.96 bits per heavy atom. The van der Waals surface area contributed by atoms with E-state index in [2.05, 4.69) is 10.1 Å². The summed E-state index contributed by atoms with van der Waals surface area (Å²) >= 11 is 5.39. The molecule has 0 saturated heterocycles. The van der Waals surface area contributed by atoms with Crippen LogP contribution < -0.4 is 9.47 Å². The molecular formula is C14H13ClF3N3O2. The first-order valence-corrected chi connectivity index (χ1v) is 6.89. The van der Waals surface area contributed by atoms with E-state index in [1.54, 1.807) is 25.1 Å². The number of halogens is 4. The molecule has 0 aliphatic carbocycles. The van der Waals surface area contributed by atoms with Crippen LogP contribution in [-0.4, -0.2) is 21.4 Å². The number of hydrogen-bond donors (Lipinski definition) is 0. The molecule has 23 heavy (non-hydrogen) atoms. The van der Waals surface area contributed by atoms with Gasteiger partial charge in [0.1, 0.15) is 6.61 Å². The van der Waals surface area contributed by atoms with Gasteiger partial charge in [0.2, 0.25) is 17.6 Å². The zero-order valence-corrected chi connectivity index (χ0v) is 13.0. The quantitative estimate of drug-likeness (QED) is 0.818. The third-order valence-corrected chi connectivity index (χ3v) is 2.85. The maximum atomic E-state index is 12.6. The van der Waals surface area contributed by atoms with Crippen molar-refractivity contribution in [2.24, 2.45) is 7.05 Å². The number of nitrogens with zero attached hydrogens (tertiary/aromatic N) is 3. The summed E-state index contributed by atoms with van der Waals surface area (Å²) < 4.78 is 49.6. The second-order valence-corrected chi connectivity index (χ2v) is 4.84. The van der Waals surface area contributed by atoms with Crippen molar-refractivity contribution in [3.63, 3.8) is 0 Å². The van der Waals surface area contributed by atoms with Crippen molar-refractivity contribution in [1.29, 1.82) is 0 Å². The lowest BCUT2D eigenvalue weighted by Crippen LogP contribution is -2.06. The van der Waals surface area contributed by atoms with Gasteiger partial charge < -0.3 is 9.47 Å². The van der Waals surface area contributed by atoms with Crippen molar-refractivity contribution in [1.82, 2.24) is 14.8 Å². The Hall–Kier alpha value is -2.22. The first kappa shape index (κ1) is 17.1. The van der Waals surface area contributed by atoms with E-state index >= 15 is 0 Å². The third kappa shape index (κ3) is 4.62. The molecular weight excluding hydrogens is 335 g/mol. The second kappa shape index (κ2) is 6.91. The fourth-order valence-corrected chi connectivity index (χ4v) is 1.76. The number of ether oxygens (including phenoxy) is 2. The highest BCUT2D eigenvalue weighted by atomic mass is 35.5. The molecule has 5 nitrogen and oxygen atoms in total. The molecule has 2 aromatic rings. The second-order valence-electron chi connectivity index (χ2n) is 4.58. The predicted octanol–water partition coefficient (Wildman–Crippen LogP) is 4.07. The monoisotopic (exact) mass is 347 g/mol. The molecule has 0 bridgehead atoms. The summed E-state index contributed by atoms with van der Waals surface area (Å²) in [6.07, 6.45) is -2.97. The number of aryl methyl sites for hydroxylation is 2. The van der Waals surface area contributed by atoms with Crippen LogP contribution in [0.1, 0.15) is 11.3 Å². The highest BCUT2D eigenvalue weighted by Gasteiger charge is 2.35. The van der Waals surface area contributed by atoms with E-state index < -0.39 is 11.9 Å². The normalized spacial score (nSPS) is 11.9.